The van der Waals surface area contributed by atoms with Gasteiger partial charge in [-0.1, -0.05) is 51.1 Å². The number of unbranched alkanes of at least 4 members (excludes halogenated alkanes) is 2. The van der Waals surface area contributed by atoms with Gasteiger partial charge in [-0.25, -0.2) is 19.2 Å². The van der Waals surface area contributed by atoms with E-state index >= 15 is 14.4 Å². The Bertz CT molecular complexity index is 3180. The second kappa shape index (κ2) is 46.5. The summed E-state index contributed by atoms with van der Waals surface area (Å²) in [5.41, 5.74) is -3.92. The molecule has 1 aliphatic heterocycles. The van der Waals surface area contributed by atoms with Crippen LogP contribution in [0.5, 0.6) is 0 Å². The van der Waals surface area contributed by atoms with E-state index in [2.05, 4.69) is 74.4 Å². The van der Waals surface area contributed by atoms with Crippen molar-refractivity contribution in [3.63, 3.8) is 0 Å². The first kappa shape index (κ1) is 97.0. The van der Waals surface area contributed by atoms with Gasteiger partial charge in [0, 0.05) is 58.2 Å². The van der Waals surface area contributed by atoms with Gasteiger partial charge in [-0.2, -0.15) is 0 Å². The predicted molar refractivity (Wildman–Crippen MR) is 407 cm³/mol. The van der Waals surface area contributed by atoms with Crippen molar-refractivity contribution in [2.24, 2.45) is 11.3 Å². The van der Waals surface area contributed by atoms with E-state index in [1.165, 1.54) is 13.8 Å². The molecule has 0 spiro atoms. The Kier molecular flexibility index (Phi) is 41.0. The van der Waals surface area contributed by atoms with Crippen molar-refractivity contribution < 1.29 is 101 Å². The first-order valence-corrected chi connectivity index (χ1v) is 37.9. The van der Waals surface area contributed by atoms with Crippen molar-refractivity contribution in [3.05, 3.63) is 35.9 Å². The van der Waals surface area contributed by atoms with Gasteiger partial charge in [0.1, 0.15) is 64.7 Å². The van der Waals surface area contributed by atoms with Gasteiger partial charge >= 0.3 is 30.3 Å². The number of amides is 13. The molecule has 11 atom stereocenters. The standard InChI is InChI=1S/C75H128N14O21/c1-20-75(18,19)66(101)106-40-26-22-25-29-55(92)88-57(46(5)91)65(100)85-50(32-37-78-68(103)108-72(9,10)11)59(94)82-48-30-35-76-64(99)56(45(4)90)89-61(96)52(34-39-80-70(105)110-74(15,16)17)83-60(95)51(33-38-79-69(104)109-73(12,13)14)84-62(97)53(41-44(2)3)86-63(98)54(42-47-27-23-21-24-28-47)87-58(93)49(81-43-48)31-36-77-67(102)107-71(6,7)8/h21,23-24,27-28,44-46,48-54,56-57,81,90-91H,20,22,25-26,29-43H2,1-19H3,(H,76,99)(H,77,102)(H,78,103)(H,79,104)(H,80,105)(H,82,94)(H,83,95)(H,84,97)(H,85,100)(H,86,98)(H,87,93)(H,88,92)(H,89,96)/t45?,46?,48-,49-,50-,51-,52-,53-,54+,56-,57-/m0/s1. The molecule has 1 aromatic carbocycles. The summed E-state index contributed by atoms with van der Waals surface area (Å²) in [5.74, 6) is -9.06. The van der Waals surface area contributed by atoms with Crippen LogP contribution in [-0.4, -0.2) is 229 Å². The number of ether oxygens (including phenoxy) is 5. The van der Waals surface area contributed by atoms with Crippen LogP contribution in [-0.2, 0) is 78.1 Å². The second-order valence-corrected chi connectivity index (χ2v) is 32.4. The Hall–Kier alpha value is -9.12. The fourth-order valence-electron chi connectivity index (χ4n) is 10.4. The number of carbonyl (C=O) groups is 14. The van der Waals surface area contributed by atoms with Gasteiger partial charge in [0.25, 0.3) is 0 Å². The van der Waals surface area contributed by atoms with Gasteiger partial charge in [0.2, 0.25) is 53.2 Å². The minimum absolute atomic E-state index is 0.0598. The highest BCUT2D eigenvalue weighted by atomic mass is 16.6. The lowest BCUT2D eigenvalue weighted by atomic mass is 9.91. The Morgan fingerprint density at radius 2 is 0.973 bits per heavy atom. The molecule has 2 unspecified atom stereocenters. The highest BCUT2D eigenvalue weighted by molar-refractivity contribution is 5.97. The number of carbonyl (C=O) groups excluding carboxylic acids is 14. The maximum absolute atomic E-state index is 15.1. The Balaban J connectivity index is 2.98. The molecule has 0 radical (unpaired) electrons. The average molecular weight is 1560 g/mol. The number of aliphatic hydroxyl groups is 2. The van der Waals surface area contributed by atoms with Crippen LogP contribution in [0.15, 0.2) is 30.3 Å². The normalized spacial score (nSPS) is 20.3. The molecule has 0 aromatic heterocycles. The number of esters is 1. The van der Waals surface area contributed by atoms with Crippen LogP contribution in [0.1, 0.15) is 208 Å². The van der Waals surface area contributed by atoms with E-state index in [-0.39, 0.29) is 89.6 Å². The lowest BCUT2D eigenvalue weighted by molar-refractivity contribution is -0.154. The van der Waals surface area contributed by atoms with Gasteiger partial charge < -0.3 is 108 Å². The highest BCUT2D eigenvalue weighted by Gasteiger charge is 2.38. The van der Waals surface area contributed by atoms with Gasteiger partial charge in [0.05, 0.1) is 30.3 Å². The highest BCUT2D eigenvalue weighted by Crippen LogP contribution is 2.22. The van der Waals surface area contributed by atoms with Crippen molar-refractivity contribution in [2.75, 3.05) is 45.9 Å². The zero-order chi connectivity index (χ0) is 83.5. The number of benzene rings is 1. The lowest BCUT2D eigenvalue weighted by Crippen LogP contribution is -2.61. The van der Waals surface area contributed by atoms with Crippen molar-refractivity contribution in [2.45, 2.75) is 298 Å². The summed E-state index contributed by atoms with van der Waals surface area (Å²) >= 11 is 0. The molecule has 1 aliphatic rings. The Morgan fingerprint density at radius 1 is 0.527 bits per heavy atom. The van der Waals surface area contributed by atoms with E-state index < -0.39 is 191 Å². The molecule has 110 heavy (non-hydrogen) atoms. The number of nitrogens with one attached hydrogen (secondary N) is 14. The monoisotopic (exact) mass is 1560 g/mol. The molecule has 35 heteroatoms. The maximum Gasteiger partial charge on any atom is 0.407 e. The van der Waals surface area contributed by atoms with E-state index in [1.54, 1.807) is 141 Å². The van der Waals surface area contributed by atoms with Crippen molar-refractivity contribution >= 4 is 83.5 Å². The Labute approximate surface area is 647 Å². The number of hydrogen-bond acceptors (Lipinski definition) is 22. The fourth-order valence-corrected chi connectivity index (χ4v) is 10.4. The molecule has 0 bridgehead atoms. The van der Waals surface area contributed by atoms with Crippen molar-refractivity contribution in [1.29, 1.82) is 0 Å². The number of hydrogen-bond donors (Lipinski definition) is 16. The van der Waals surface area contributed by atoms with E-state index in [4.69, 9.17) is 23.7 Å². The number of rotatable bonds is 31. The van der Waals surface area contributed by atoms with Crippen molar-refractivity contribution in [1.82, 2.24) is 74.4 Å². The van der Waals surface area contributed by atoms with Gasteiger partial charge in [-0.15, -0.1) is 0 Å². The summed E-state index contributed by atoms with van der Waals surface area (Å²) in [6.07, 6.45) is -6.92. The van der Waals surface area contributed by atoms with Crippen LogP contribution in [0.2, 0.25) is 0 Å². The van der Waals surface area contributed by atoms with E-state index in [1.807, 2.05) is 6.92 Å². The third kappa shape index (κ3) is 41.1. The predicted octanol–water partition coefficient (Wildman–Crippen LogP) is 2.59. The van der Waals surface area contributed by atoms with Crippen LogP contribution in [0.25, 0.3) is 0 Å². The smallest absolute Gasteiger partial charge is 0.407 e. The van der Waals surface area contributed by atoms with Crippen LogP contribution < -0.4 is 74.4 Å². The quantitative estimate of drug-likeness (QED) is 0.0288. The molecule has 1 heterocycles. The summed E-state index contributed by atoms with van der Waals surface area (Å²) in [5, 5.41) is 59.4. The first-order chi connectivity index (χ1) is 51.0. The van der Waals surface area contributed by atoms with Gasteiger partial charge in [0.15, 0.2) is 0 Å². The third-order valence-electron chi connectivity index (χ3n) is 16.5. The summed E-state index contributed by atoms with van der Waals surface area (Å²) in [7, 11) is 0. The first-order valence-electron chi connectivity index (χ1n) is 37.9. The molecule has 1 aromatic rings. The van der Waals surface area contributed by atoms with Crippen LogP contribution in [0, 0.1) is 11.3 Å². The third-order valence-corrected chi connectivity index (χ3v) is 16.5. The largest absolute Gasteiger partial charge is 0.465 e. The molecular weight excluding hydrogens is 1430 g/mol. The minimum Gasteiger partial charge on any atom is -0.465 e. The minimum atomic E-state index is -1.80. The maximum atomic E-state index is 15.1. The summed E-state index contributed by atoms with van der Waals surface area (Å²) in [6.45, 7) is 29.0. The molecule has 0 aliphatic carbocycles. The average Bonchev–Trinajstić information content (AvgIpc) is 0.928. The second-order valence-electron chi connectivity index (χ2n) is 32.4. The van der Waals surface area contributed by atoms with Crippen LogP contribution in [0.3, 0.4) is 0 Å². The SMILES string of the molecule is CCC(C)(C)C(=O)OCCCCCC(=O)N[C@H](C(=O)N[C@@H](CCNC(=O)OC(C)(C)C)C(=O)N[C@H]1CCNC(=O)[C@H](C(C)O)NC(=O)[C@H](CCNC(=O)OC(C)(C)C)NC(=O)[C@H](CCNC(=O)OC(C)(C)C)NC(=O)[C@H](CC(C)C)NC(=O)[C@@H](Cc2ccccc2)NC(=O)[C@H](CCNC(=O)OC(C)(C)C)NC1)C(C)O. The molecule has 13 amide bonds. The lowest BCUT2D eigenvalue weighted by Gasteiger charge is -2.29. The summed E-state index contributed by atoms with van der Waals surface area (Å²) < 4.78 is 27.0. The van der Waals surface area contributed by atoms with Crippen molar-refractivity contribution in [3.8, 4) is 0 Å². The zero-order valence-corrected chi connectivity index (χ0v) is 67.9. The van der Waals surface area contributed by atoms with Gasteiger partial charge in [-0.05, 0) is 186 Å². The van der Waals surface area contributed by atoms with E-state index in [9.17, 15) is 63.0 Å². The molecular formula is C75H128N14O21. The van der Waals surface area contributed by atoms with E-state index in [0.29, 0.717) is 31.2 Å². The topological polar surface area (TPSA) is 494 Å². The molecule has 16 N–H and O–H groups in total. The summed E-state index contributed by atoms with van der Waals surface area (Å²) in [6, 6.07) is -5.36. The molecule has 35 nitrogen and oxygen atoms in total. The molecule has 1 saturated heterocycles. The fraction of sp³-hybridized carbons (Fsp3) is 0.733. The summed E-state index contributed by atoms with van der Waals surface area (Å²) in [4.78, 5) is 196. The number of alkyl carbamates (subject to hydrolysis) is 4. The van der Waals surface area contributed by atoms with Gasteiger partial charge in [-0.3, -0.25) is 47.9 Å². The zero-order valence-electron chi connectivity index (χ0n) is 67.9. The number of aliphatic hydroxyl groups excluding tert-OH is 2. The van der Waals surface area contributed by atoms with Crippen LogP contribution in [0.4, 0.5) is 19.2 Å². The van der Waals surface area contributed by atoms with E-state index in [0.717, 1.165) is 0 Å². The molecule has 2 rings (SSSR count). The molecule has 0 saturated carbocycles. The Morgan fingerprint density at radius 3 is 1.45 bits per heavy atom. The van der Waals surface area contributed by atoms with Crippen LogP contribution >= 0.6 is 0 Å². The molecule has 1 fully saturated rings. The molecule has 624 valence electrons.